The van der Waals surface area contributed by atoms with Gasteiger partial charge in [0.1, 0.15) is 20.0 Å². The van der Waals surface area contributed by atoms with Crippen LogP contribution in [-0.4, -0.2) is 20.6 Å². The van der Waals surface area contributed by atoms with Crippen molar-refractivity contribution in [3.63, 3.8) is 0 Å². The number of aromatic nitrogens is 3. The Morgan fingerprint density at radius 2 is 2.24 bits per heavy atom. The first-order valence-electron chi connectivity index (χ1n) is 5.14. The highest BCUT2D eigenvalue weighted by Gasteiger charge is 2.12. The molecule has 0 unspecified atom stereocenters. The first-order chi connectivity index (χ1) is 8.08. The number of nitrogens with one attached hydrogen (secondary N) is 1. The number of hydrogen-bond donors (Lipinski definition) is 1. The molecule has 0 aliphatic rings. The first kappa shape index (κ1) is 13.3. The summed E-state index contributed by atoms with van der Waals surface area (Å²) in [6.07, 6.45) is 3.39. The number of halogens is 2. The van der Waals surface area contributed by atoms with Gasteiger partial charge in [-0.05, 0) is 45.2 Å². The van der Waals surface area contributed by atoms with Crippen molar-refractivity contribution in [3.05, 3.63) is 25.7 Å². The van der Waals surface area contributed by atoms with E-state index >= 15 is 0 Å². The van der Waals surface area contributed by atoms with Crippen LogP contribution in [0.5, 0.6) is 0 Å². The standard InChI is InChI=1S/C10H12I2N4O/c1-6(2)13-3-7-4-17-10(15-7)16-5-14-8(11)9(16)12/h4-6,13H,3H2,1-2H3. The monoisotopic (exact) mass is 458 g/mol. The van der Waals surface area contributed by atoms with Crippen LogP contribution in [-0.2, 0) is 6.54 Å². The van der Waals surface area contributed by atoms with Crippen LogP contribution in [0.4, 0.5) is 0 Å². The molecular formula is C10H12I2N4O. The third-order valence-corrected chi connectivity index (χ3v) is 4.96. The molecule has 2 heterocycles. The molecule has 0 aliphatic heterocycles. The zero-order valence-corrected chi connectivity index (χ0v) is 13.8. The van der Waals surface area contributed by atoms with E-state index < -0.39 is 0 Å². The topological polar surface area (TPSA) is 55.9 Å². The lowest BCUT2D eigenvalue weighted by molar-refractivity contribution is 0.521. The van der Waals surface area contributed by atoms with Gasteiger partial charge < -0.3 is 9.73 Å². The number of imidazole rings is 1. The summed E-state index contributed by atoms with van der Waals surface area (Å²) in [6, 6.07) is 0.995. The van der Waals surface area contributed by atoms with Gasteiger partial charge in [-0.15, -0.1) is 0 Å². The lowest BCUT2D eigenvalue weighted by Gasteiger charge is -2.04. The van der Waals surface area contributed by atoms with Gasteiger partial charge in [0.05, 0.1) is 5.69 Å². The fourth-order valence-corrected chi connectivity index (χ4v) is 2.10. The van der Waals surface area contributed by atoms with Gasteiger partial charge in [0.15, 0.2) is 0 Å². The molecule has 2 aromatic rings. The van der Waals surface area contributed by atoms with Gasteiger partial charge in [0, 0.05) is 12.6 Å². The number of rotatable bonds is 4. The molecule has 0 spiro atoms. The Hall–Kier alpha value is -0.160. The van der Waals surface area contributed by atoms with E-state index in [-0.39, 0.29) is 0 Å². The fraction of sp³-hybridized carbons (Fsp3) is 0.400. The van der Waals surface area contributed by atoms with Crippen molar-refractivity contribution < 1.29 is 4.42 Å². The zero-order chi connectivity index (χ0) is 12.4. The van der Waals surface area contributed by atoms with E-state index in [1.54, 1.807) is 12.6 Å². The maximum atomic E-state index is 5.44. The van der Waals surface area contributed by atoms with E-state index in [0.717, 1.165) is 13.1 Å². The van der Waals surface area contributed by atoms with Crippen LogP contribution < -0.4 is 5.32 Å². The molecule has 0 aliphatic carbocycles. The largest absolute Gasteiger partial charge is 0.431 e. The molecule has 0 saturated carbocycles. The molecular weight excluding hydrogens is 446 g/mol. The quantitative estimate of drug-likeness (QED) is 0.717. The zero-order valence-electron chi connectivity index (χ0n) is 9.44. The normalized spacial score (nSPS) is 11.4. The van der Waals surface area contributed by atoms with E-state index in [1.807, 2.05) is 4.57 Å². The highest BCUT2D eigenvalue weighted by Crippen LogP contribution is 2.17. The van der Waals surface area contributed by atoms with Crippen LogP contribution in [0.3, 0.4) is 0 Å². The highest BCUT2D eigenvalue weighted by molar-refractivity contribution is 14.1. The van der Waals surface area contributed by atoms with E-state index in [9.17, 15) is 0 Å². The summed E-state index contributed by atoms with van der Waals surface area (Å²) >= 11 is 4.41. The van der Waals surface area contributed by atoms with Crippen LogP contribution in [0.1, 0.15) is 19.5 Å². The molecule has 92 valence electrons. The summed E-state index contributed by atoms with van der Waals surface area (Å²) in [4.78, 5) is 8.61. The molecule has 17 heavy (non-hydrogen) atoms. The highest BCUT2D eigenvalue weighted by atomic mass is 127. The second-order valence-electron chi connectivity index (χ2n) is 3.85. The van der Waals surface area contributed by atoms with Crippen molar-refractivity contribution in [2.45, 2.75) is 26.4 Å². The molecule has 2 aromatic heterocycles. The van der Waals surface area contributed by atoms with Gasteiger partial charge in [-0.1, -0.05) is 13.8 Å². The summed E-state index contributed by atoms with van der Waals surface area (Å²) in [5.74, 6) is 0. The third-order valence-electron chi connectivity index (χ3n) is 2.11. The molecule has 0 amide bonds. The van der Waals surface area contributed by atoms with Crippen LogP contribution in [0.15, 0.2) is 17.0 Å². The summed E-state index contributed by atoms with van der Waals surface area (Å²) in [5, 5.41) is 3.30. The van der Waals surface area contributed by atoms with Gasteiger partial charge in [-0.25, -0.2) is 9.55 Å². The Bertz CT molecular complexity index is 506. The maximum Gasteiger partial charge on any atom is 0.308 e. The predicted octanol–water partition coefficient (Wildman–Crippen LogP) is 2.57. The van der Waals surface area contributed by atoms with Crippen LogP contribution in [0, 0.1) is 7.40 Å². The number of oxazole rings is 1. The van der Waals surface area contributed by atoms with Crippen molar-refractivity contribution in [1.29, 1.82) is 0 Å². The Labute approximate surface area is 127 Å². The minimum atomic E-state index is 0.435. The molecule has 5 nitrogen and oxygen atoms in total. The minimum Gasteiger partial charge on any atom is -0.431 e. The first-order valence-corrected chi connectivity index (χ1v) is 7.30. The van der Waals surface area contributed by atoms with Gasteiger partial charge in [0.2, 0.25) is 0 Å². The molecule has 0 atom stereocenters. The van der Waals surface area contributed by atoms with Crippen LogP contribution >= 0.6 is 45.2 Å². The van der Waals surface area contributed by atoms with Crippen molar-refractivity contribution in [2.24, 2.45) is 0 Å². The molecule has 0 bridgehead atoms. The van der Waals surface area contributed by atoms with Crippen LogP contribution in [0.25, 0.3) is 6.01 Å². The molecule has 2 rings (SSSR count). The Morgan fingerprint density at radius 3 is 2.82 bits per heavy atom. The van der Waals surface area contributed by atoms with Gasteiger partial charge in [-0.2, -0.15) is 4.98 Å². The van der Waals surface area contributed by atoms with E-state index in [2.05, 4.69) is 74.3 Å². The average molecular weight is 458 g/mol. The molecule has 7 heteroatoms. The second-order valence-corrected chi connectivity index (χ2v) is 5.90. The van der Waals surface area contributed by atoms with Gasteiger partial charge >= 0.3 is 6.01 Å². The molecule has 0 saturated heterocycles. The molecule has 0 aromatic carbocycles. The van der Waals surface area contributed by atoms with Crippen molar-refractivity contribution in [3.8, 4) is 6.01 Å². The van der Waals surface area contributed by atoms with E-state index in [0.29, 0.717) is 18.6 Å². The third kappa shape index (κ3) is 3.19. The van der Waals surface area contributed by atoms with Gasteiger partial charge in [-0.3, -0.25) is 0 Å². The second kappa shape index (κ2) is 5.65. The Balaban J connectivity index is 2.15. The lowest BCUT2D eigenvalue weighted by Crippen LogP contribution is -2.21. The average Bonchev–Trinajstić information content (AvgIpc) is 2.85. The van der Waals surface area contributed by atoms with Crippen molar-refractivity contribution in [2.75, 3.05) is 0 Å². The lowest BCUT2D eigenvalue weighted by atomic mass is 10.4. The van der Waals surface area contributed by atoms with E-state index in [4.69, 9.17) is 4.42 Å². The van der Waals surface area contributed by atoms with Crippen molar-refractivity contribution >= 4 is 45.2 Å². The number of hydrogen-bond acceptors (Lipinski definition) is 4. The Kier molecular flexibility index (Phi) is 4.42. The summed E-state index contributed by atoms with van der Waals surface area (Å²) in [5.41, 5.74) is 0.896. The number of nitrogens with zero attached hydrogens (tertiary/aromatic N) is 3. The SMILES string of the molecule is CC(C)NCc1coc(-n2cnc(I)c2I)n1. The predicted molar refractivity (Wildman–Crippen MR) is 81.0 cm³/mol. The summed E-state index contributed by atoms with van der Waals surface area (Å²) in [7, 11) is 0. The van der Waals surface area contributed by atoms with Crippen molar-refractivity contribution in [1.82, 2.24) is 19.9 Å². The molecule has 0 radical (unpaired) electrons. The van der Waals surface area contributed by atoms with Gasteiger partial charge in [0.25, 0.3) is 0 Å². The molecule has 1 N–H and O–H groups in total. The minimum absolute atomic E-state index is 0.435. The maximum absolute atomic E-state index is 5.44. The summed E-state index contributed by atoms with van der Waals surface area (Å²) in [6.45, 7) is 4.91. The van der Waals surface area contributed by atoms with E-state index in [1.165, 1.54) is 0 Å². The summed E-state index contributed by atoms with van der Waals surface area (Å²) < 4.78 is 9.23. The van der Waals surface area contributed by atoms with Crippen LogP contribution in [0.2, 0.25) is 0 Å². The fourth-order valence-electron chi connectivity index (χ4n) is 1.24. The molecule has 0 fully saturated rings. The smallest absolute Gasteiger partial charge is 0.308 e. The Morgan fingerprint density at radius 1 is 1.47 bits per heavy atom.